The highest BCUT2D eigenvalue weighted by Gasteiger charge is 2.32. The van der Waals surface area contributed by atoms with Gasteiger partial charge in [0.1, 0.15) is 5.82 Å². The molecule has 0 saturated heterocycles. The minimum Gasteiger partial charge on any atom is -0.412 e. The zero-order valence-electron chi connectivity index (χ0n) is 27.9. The molecule has 5 rings (SSSR count). The Morgan fingerprint density at radius 1 is 1.04 bits per heavy atom. The van der Waals surface area contributed by atoms with Crippen LogP contribution in [-0.4, -0.2) is 71.9 Å². The minimum atomic E-state index is -2.04. The highest BCUT2D eigenvalue weighted by atomic mass is 35.5. The number of aromatic nitrogens is 2. The molecule has 4 aromatic rings. The second-order valence-electron chi connectivity index (χ2n) is 12.0. The highest BCUT2D eigenvalue weighted by molar-refractivity contribution is 7.86. The Morgan fingerprint density at radius 3 is 2.41 bits per heavy atom. The van der Waals surface area contributed by atoms with E-state index < -0.39 is 22.8 Å². The number of halogens is 2. The first-order chi connectivity index (χ1) is 23.1. The van der Waals surface area contributed by atoms with Gasteiger partial charge in [-0.1, -0.05) is 62.6 Å². The fourth-order valence-corrected chi connectivity index (χ4v) is 7.04. The molecule has 49 heavy (non-hydrogen) atoms. The van der Waals surface area contributed by atoms with E-state index >= 15 is 0 Å². The molecule has 0 aliphatic carbocycles. The third-order valence-electron chi connectivity index (χ3n) is 8.54. The molecular formula is C36H43ClFN5O5S. The fraction of sp³-hybridized carbons (Fsp3) is 0.361. The third kappa shape index (κ3) is 8.56. The van der Waals surface area contributed by atoms with Gasteiger partial charge in [-0.05, 0) is 79.8 Å². The molecule has 1 unspecified atom stereocenters. The number of carbonyl (C=O) groups excluding carboxylic acids is 2. The quantitative estimate of drug-likeness (QED) is 0.178. The van der Waals surface area contributed by atoms with Crippen molar-refractivity contribution in [2.45, 2.75) is 70.4 Å². The molecule has 0 radical (unpaired) electrons. The number of benzene rings is 3. The fourth-order valence-electron chi connectivity index (χ4n) is 5.88. The highest BCUT2D eigenvalue weighted by Crippen LogP contribution is 2.30. The number of rotatable bonds is 13. The van der Waals surface area contributed by atoms with Gasteiger partial charge in [0.25, 0.3) is 11.8 Å². The maximum Gasteiger partial charge on any atom is 0.274 e. The van der Waals surface area contributed by atoms with E-state index in [4.69, 9.17) is 16.7 Å². The number of hydrogen-bond acceptors (Lipinski definition) is 5. The summed E-state index contributed by atoms with van der Waals surface area (Å²) in [4.78, 5) is 31.5. The molecule has 0 spiro atoms. The molecule has 2 atom stereocenters. The lowest BCUT2D eigenvalue weighted by molar-refractivity contribution is 0.0544. The van der Waals surface area contributed by atoms with Gasteiger partial charge < -0.3 is 25.1 Å². The van der Waals surface area contributed by atoms with Gasteiger partial charge in [-0.2, -0.15) is 5.10 Å². The average molecular weight is 712 g/mol. The second kappa shape index (κ2) is 17.0. The van der Waals surface area contributed by atoms with Crippen molar-refractivity contribution in [3.05, 3.63) is 106 Å². The Bertz CT molecular complexity index is 1810. The predicted octanol–water partition coefficient (Wildman–Crippen LogP) is 5.89. The number of aryl methyl sites for hydroxylation is 1. The normalized spacial score (nSPS) is 14.5. The topological polar surface area (TPSA) is 139 Å². The Balaban J connectivity index is 0.00000541. The van der Waals surface area contributed by atoms with Gasteiger partial charge in [-0.15, -0.1) is 0 Å². The van der Waals surface area contributed by atoms with Crippen molar-refractivity contribution in [1.82, 2.24) is 19.6 Å². The summed E-state index contributed by atoms with van der Waals surface area (Å²) >= 11 is 6.04. The van der Waals surface area contributed by atoms with Gasteiger partial charge in [0.05, 0.1) is 28.8 Å². The minimum absolute atomic E-state index is 0. The van der Waals surface area contributed by atoms with Crippen molar-refractivity contribution in [2.24, 2.45) is 0 Å². The van der Waals surface area contributed by atoms with Crippen LogP contribution in [0.5, 0.6) is 0 Å². The molecule has 1 aromatic heterocycles. The Morgan fingerprint density at radius 2 is 1.73 bits per heavy atom. The van der Waals surface area contributed by atoms with Gasteiger partial charge in [-0.3, -0.25) is 9.59 Å². The van der Waals surface area contributed by atoms with E-state index in [9.17, 15) is 23.3 Å². The number of carbonyl (C=O) groups is 2. The lowest BCUT2D eigenvalue weighted by atomic mass is 9.93. The van der Waals surface area contributed by atoms with Gasteiger partial charge >= 0.3 is 0 Å². The number of aliphatic hydroxyl groups excluding tert-OH is 1. The molecule has 2 heterocycles. The maximum absolute atomic E-state index is 14.5. The van der Waals surface area contributed by atoms with Crippen LogP contribution in [0.2, 0.25) is 5.02 Å². The molecular weight excluding hydrogens is 669 g/mol. The first kappa shape index (κ1) is 37.7. The summed E-state index contributed by atoms with van der Waals surface area (Å²) in [6.07, 6.45) is 4.16. The van der Waals surface area contributed by atoms with Crippen LogP contribution in [0.15, 0.2) is 71.6 Å². The number of nitrogens with zero attached hydrogens (tertiary/aromatic N) is 4. The van der Waals surface area contributed by atoms with Crippen molar-refractivity contribution < 1.29 is 28.8 Å². The summed E-state index contributed by atoms with van der Waals surface area (Å²) in [5, 5.41) is 15.3. The molecule has 0 bridgehead atoms. The first-order valence-electron chi connectivity index (χ1n) is 16.3. The van der Waals surface area contributed by atoms with Crippen molar-refractivity contribution in [1.29, 1.82) is 0 Å². The molecule has 13 heteroatoms. The Labute approximate surface area is 293 Å². The van der Waals surface area contributed by atoms with Crippen molar-refractivity contribution >= 4 is 40.1 Å². The first-order valence-corrected chi connectivity index (χ1v) is 17.8. The monoisotopic (exact) mass is 711 g/mol. The van der Waals surface area contributed by atoms with Crippen LogP contribution in [0.4, 0.5) is 10.1 Å². The molecule has 10 nitrogen and oxygen atoms in total. The van der Waals surface area contributed by atoms with Gasteiger partial charge in [0.2, 0.25) is 0 Å². The lowest BCUT2D eigenvalue weighted by Crippen LogP contribution is -2.46. The summed E-state index contributed by atoms with van der Waals surface area (Å²) in [5.41, 5.74) is 3.88. The molecule has 1 aliphatic heterocycles. The summed E-state index contributed by atoms with van der Waals surface area (Å²) in [5.74, 6) is -1.23. The van der Waals surface area contributed by atoms with E-state index in [2.05, 4.69) is 18.6 Å². The summed E-state index contributed by atoms with van der Waals surface area (Å²) in [6, 6.07) is 17.7. The number of hydrogen-bond donors (Lipinski definition) is 2. The van der Waals surface area contributed by atoms with Crippen molar-refractivity contribution in [2.75, 3.05) is 24.4 Å². The van der Waals surface area contributed by atoms with Crippen LogP contribution in [0.1, 0.15) is 77.2 Å². The Kier molecular flexibility index (Phi) is 13.1. The summed E-state index contributed by atoms with van der Waals surface area (Å²) in [6.45, 7) is 7.29. The molecule has 3 aromatic carbocycles. The second-order valence-corrected chi connectivity index (χ2v) is 13.6. The van der Waals surface area contributed by atoms with Crippen molar-refractivity contribution in [3.8, 4) is 5.69 Å². The third-order valence-corrected chi connectivity index (χ3v) is 9.91. The van der Waals surface area contributed by atoms with E-state index in [1.165, 1.54) is 12.1 Å². The molecule has 1 aliphatic rings. The SMILES string of the molecule is CCCCN(CCCC)C(=O)c1cc(C)n(-c2ccc(NS(=O)c3cc(Cl)ccc3F)cc2C(=O)N2Cc3ccccc3C[C@H]2CO)n1.O. The van der Waals surface area contributed by atoms with Crippen molar-refractivity contribution in [3.63, 3.8) is 0 Å². The predicted molar refractivity (Wildman–Crippen MR) is 190 cm³/mol. The van der Waals surface area contributed by atoms with E-state index in [1.54, 1.807) is 33.8 Å². The van der Waals surface area contributed by atoms with Gasteiger partial charge in [0, 0.05) is 36.0 Å². The van der Waals surface area contributed by atoms with Crippen LogP contribution >= 0.6 is 11.6 Å². The number of anilines is 1. The van der Waals surface area contributed by atoms with Crippen LogP contribution < -0.4 is 4.72 Å². The lowest BCUT2D eigenvalue weighted by Gasteiger charge is -2.36. The largest absolute Gasteiger partial charge is 0.412 e. The zero-order valence-corrected chi connectivity index (χ0v) is 29.5. The Hall–Kier alpha value is -4.10. The number of aliphatic hydroxyl groups is 1. The molecule has 262 valence electrons. The molecule has 0 fully saturated rings. The zero-order chi connectivity index (χ0) is 34.4. The van der Waals surface area contributed by atoms with Gasteiger partial charge in [-0.25, -0.2) is 13.3 Å². The van der Waals surface area contributed by atoms with E-state index in [0.29, 0.717) is 36.6 Å². The number of unbranched alkanes of at least 4 members (excludes halogenated alkanes) is 2. The summed E-state index contributed by atoms with van der Waals surface area (Å²) in [7, 11) is -2.04. The van der Waals surface area contributed by atoms with Crippen LogP contribution in [0, 0.1) is 12.7 Å². The average Bonchev–Trinajstić information content (AvgIpc) is 3.49. The smallest absolute Gasteiger partial charge is 0.274 e. The standard InChI is InChI=1S/C36H41ClFN5O4S.H2O/c1-4-6-16-41(17-7-5-2)36(46)32-18-24(3)43(39-32)33-15-13-28(40-48(47)34-20-27(37)12-14-31(34)38)21-30(33)35(45)42-22-26-11-9-8-10-25(26)19-29(42)23-44;/h8-15,18,20-21,29,40,44H,4-7,16-17,19,22-23H2,1-3H3;1H2/t29-,48?;/m0./s1. The molecule has 2 amide bonds. The number of nitrogens with one attached hydrogen (secondary N) is 1. The van der Waals surface area contributed by atoms with Crippen LogP contribution in [0.25, 0.3) is 5.69 Å². The van der Waals surface area contributed by atoms with Crippen LogP contribution in [-0.2, 0) is 24.0 Å². The molecule has 0 saturated carbocycles. The van der Waals surface area contributed by atoms with E-state index in [-0.39, 0.29) is 51.6 Å². The van der Waals surface area contributed by atoms with Crippen LogP contribution in [0.3, 0.4) is 0 Å². The van der Waals surface area contributed by atoms with E-state index in [0.717, 1.165) is 42.9 Å². The molecule has 4 N–H and O–H groups in total. The number of fused-ring (bicyclic) bond motifs is 1. The maximum atomic E-state index is 14.5. The van der Waals surface area contributed by atoms with E-state index in [1.807, 2.05) is 36.1 Å². The van der Waals surface area contributed by atoms with Gasteiger partial charge in [0.15, 0.2) is 16.7 Å². The number of amides is 2. The summed E-state index contributed by atoms with van der Waals surface area (Å²) < 4.78 is 32.1.